The minimum Gasteiger partial charge on any atom is -0.337 e. The van der Waals surface area contributed by atoms with E-state index >= 15 is 0 Å². The van der Waals surface area contributed by atoms with Crippen LogP contribution in [-0.2, 0) is 13.6 Å². The Morgan fingerprint density at radius 3 is 2.83 bits per heavy atom. The van der Waals surface area contributed by atoms with E-state index in [1.807, 2.05) is 42.9 Å². The number of benzene rings is 1. The minimum absolute atomic E-state index is 0.151. The number of hydrogen-bond acceptors (Lipinski definition) is 3. The van der Waals surface area contributed by atoms with Crippen LogP contribution < -0.4 is 5.56 Å². The van der Waals surface area contributed by atoms with Gasteiger partial charge in [0.2, 0.25) is 5.56 Å². The van der Waals surface area contributed by atoms with Crippen LogP contribution in [0.3, 0.4) is 0 Å². The van der Waals surface area contributed by atoms with Crippen LogP contribution in [0, 0.1) is 0 Å². The van der Waals surface area contributed by atoms with Gasteiger partial charge in [0.15, 0.2) is 0 Å². The van der Waals surface area contributed by atoms with Gasteiger partial charge in [-0.1, -0.05) is 25.1 Å². The van der Waals surface area contributed by atoms with E-state index in [0.717, 1.165) is 17.6 Å². The highest BCUT2D eigenvalue weighted by Gasteiger charge is 2.20. The molecule has 0 bridgehead atoms. The summed E-state index contributed by atoms with van der Waals surface area (Å²) >= 11 is 0. The van der Waals surface area contributed by atoms with E-state index in [4.69, 9.17) is 0 Å². The molecule has 24 heavy (non-hydrogen) atoms. The van der Waals surface area contributed by atoms with Crippen LogP contribution in [0.4, 0.5) is 0 Å². The molecule has 6 heteroatoms. The van der Waals surface area contributed by atoms with Gasteiger partial charge in [0.25, 0.3) is 5.91 Å². The molecule has 0 atom stereocenters. The number of aromatic nitrogens is 3. The fourth-order valence-electron chi connectivity index (χ4n) is 2.79. The van der Waals surface area contributed by atoms with Gasteiger partial charge < -0.3 is 14.5 Å². The number of para-hydroxylation sites is 1. The number of hydrogen-bond donors (Lipinski definition) is 1. The standard InChI is InChI=1S/C18H20N4O2/c1-3-9-22(12-16-19-8-10-21(16)2)18(24)14-11-17(23)20-15-7-5-4-6-13(14)15/h4-8,10-11H,3,9,12H2,1-2H3,(H,20,23). The van der Waals surface area contributed by atoms with Crippen LogP contribution in [-0.4, -0.2) is 31.9 Å². The van der Waals surface area contributed by atoms with Crippen molar-refractivity contribution in [1.29, 1.82) is 0 Å². The van der Waals surface area contributed by atoms with E-state index in [2.05, 4.69) is 9.97 Å². The zero-order valence-corrected chi connectivity index (χ0v) is 13.8. The topological polar surface area (TPSA) is 71.0 Å². The number of aromatic amines is 1. The number of aryl methyl sites for hydroxylation is 1. The second-order valence-electron chi connectivity index (χ2n) is 5.77. The van der Waals surface area contributed by atoms with Crippen molar-refractivity contribution < 1.29 is 4.79 Å². The zero-order valence-electron chi connectivity index (χ0n) is 13.8. The Morgan fingerprint density at radius 1 is 1.33 bits per heavy atom. The van der Waals surface area contributed by atoms with E-state index in [1.165, 1.54) is 6.07 Å². The highest BCUT2D eigenvalue weighted by Crippen LogP contribution is 2.17. The quantitative estimate of drug-likeness (QED) is 0.783. The molecule has 2 heterocycles. The molecule has 124 valence electrons. The molecule has 0 aliphatic rings. The zero-order chi connectivity index (χ0) is 17.1. The van der Waals surface area contributed by atoms with Gasteiger partial charge in [0, 0.05) is 43.0 Å². The van der Waals surface area contributed by atoms with E-state index in [1.54, 1.807) is 17.2 Å². The van der Waals surface area contributed by atoms with Gasteiger partial charge in [-0.05, 0) is 12.5 Å². The predicted octanol–water partition coefficient (Wildman–Crippen LogP) is 2.31. The molecule has 1 N–H and O–H groups in total. The first-order valence-electron chi connectivity index (χ1n) is 7.97. The molecule has 3 aromatic rings. The second kappa shape index (κ2) is 6.70. The van der Waals surface area contributed by atoms with Gasteiger partial charge in [-0.3, -0.25) is 9.59 Å². The van der Waals surface area contributed by atoms with Gasteiger partial charge in [0.1, 0.15) is 5.82 Å². The molecule has 0 fully saturated rings. The highest BCUT2D eigenvalue weighted by molar-refractivity contribution is 6.05. The molecule has 1 aromatic carbocycles. The summed E-state index contributed by atoms with van der Waals surface area (Å²) in [5, 5.41) is 0.753. The largest absolute Gasteiger partial charge is 0.337 e. The summed E-state index contributed by atoms with van der Waals surface area (Å²) in [6.45, 7) is 3.04. The number of amides is 1. The Kier molecular flexibility index (Phi) is 4.46. The van der Waals surface area contributed by atoms with Crippen LogP contribution in [0.25, 0.3) is 10.9 Å². The van der Waals surface area contributed by atoms with Crippen LogP contribution >= 0.6 is 0 Å². The second-order valence-corrected chi connectivity index (χ2v) is 5.77. The molecule has 2 aromatic heterocycles. The average molecular weight is 324 g/mol. The van der Waals surface area contributed by atoms with Gasteiger partial charge in [-0.25, -0.2) is 4.98 Å². The van der Waals surface area contributed by atoms with Crippen molar-refractivity contribution in [3.8, 4) is 0 Å². The molecule has 0 aliphatic heterocycles. The van der Waals surface area contributed by atoms with E-state index in [0.29, 0.717) is 24.2 Å². The lowest BCUT2D eigenvalue weighted by molar-refractivity contribution is 0.0739. The van der Waals surface area contributed by atoms with E-state index < -0.39 is 0 Å². The Hall–Kier alpha value is -2.89. The highest BCUT2D eigenvalue weighted by atomic mass is 16.2. The van der Waals surface area contributed by atoms with Crippen LogP contribution in [0.5, 0.6) is 0 Å². The first-order chi connectivity index (χ1) is 11.6. The van der Waals surface area contributed by atoms with Crippen molar-refractivity contribution in [2.45, 2.75) is 19.9 Å². The molecule has 0 saturated carbocycles. The number of nitrogens with one attached hydrogen (secondary N) is 1. The summed E-state index contributed by atoms with van der Waals surface area (Å²) in [7, 11) is 1.90. The van der Waals surface area contributed by atoms with Crippen LogP contribution in [0.15, 0.2) is 47.5 Å². The monoisotopic (exact) mass is 324 g/mol. The number of pyridine rings is 1. The summed E-state index contributed by atoms with van der Waals surface area (Å²) in [4.78, 5) is 33.8. The molecule has 6 nitrogen and oxygen atoms in total. The predicted molar refractivity (Wildman–Crippen MR) is 92.8 cm³/mol. The Labute approximate surface area is 139 Å². The minimum atomic E-state index is -0.273. The summed E-state index contributed by atoms with van der Waals surface area (Å²) in [6.07, 6.45) is 4.40. The van der Waals surface area contributed by atoms with Crippen molar-refractivity contribution in [1.82, 2.24) is 19.4 Å². The number of fused-ring (bicyclic) bond motifs is 1. The molecular weight excluding hydrogens is 304 g/mol. The molecular formula is C18H20N4O2. The summed E-state index contributed by atoms with van der Waals surface area (Å²) in [5.41, 5.74) is 0.823. The van der Waals surface area contributed by atoms with E-state index in [-0.39, 0.29) is 11.5 Å². The third kappa shape index (κ3) is 3.08. The summed E-state index contributed by atoms with van der Waals surface area (Å²) in [6, 6.07) is 8.73. The van der Waals surface area contributed by atoms with Crippen molar-refractivity contribution in [3.05, 3.63) is 64.5 Å². The van der Waals surface area contributed by atoms with Crippen molar-refractivity contribution in [2.24, 2.45) is 7.05 Å². The fraction of sp³-hybridized carbons (Fsp3) is 0.278. The Morgan fingerprint density at radius 2 is 2.12 bits per heavy atom. The van der Waals surface area contributed by atoms with Crippen molar-refractivity contribution >= 4 is 16.8 Å². The Bertz CT molecular complexity index is 926. The average Bonchev–Trinajstić information content (AvgIpc) is 2.98. The summed E-state index contributed by atoms with van der Waals surface area (Å²) in [5.74, 6) is 0.660. The summed E-state index contributed by atoms with van der Waals surface area (Å²) < 4.78 is 1.89. The first kappa shape index (κ1) is 16.0. The molecule has 0 radical (unpaired) electrons. The number of imidazole rings is 1. The third-order valence-corrected chi connectivity index (χ3v) is 4.01. The maximum absolute atomic E-state index is 13.1. The number of nitrogens with zero attached hydrogens (tertiary/aromatic N) is 3. The first-order valence-corrected chi connectivity index (χ1v) is 7.97. The molecule has 0 spiro atoms. The smallest absolute Gasteiger partial charge is 0.255 e. The molecule has 0 saturated heterocycles. The van der Waals surface area contributed by atoms with Gasteiger partial charge in [0.05, 0.1) is 12.1 Å². The maximum Gasteiger partial charge on any atom is 0.255 e. The van der Waals surface area contributed by atoms with Gasteiger partial charge in [-0.15, -0.1) is 0 Å². The Balaban J connectivity index is 2.01. The lowest BCUT2D eigenvalue weighted by Gasteiger charge is -2.22. The number of H-pyrrole nitrogens is 1. The van der Waals surface area contributed by atoms with Crippen molar-refractivity contribution in [3.63, 3.8) is 0 Å². The lowest BCUT2D eigenvalue weighted by Crippen LogP contribution is -2.33. The number of rotatable bonds is 5. The number of carbonyl (C=O) groups excluding carboxylic acids is 1. The normalized spacial score (nSPS) is 10.9. The maximum atomic E-state index is 13.1. The lowest BCUT2D eigenvalue weighted by atomic mass is 10.1. The molecule has 3 rings (SSSR count). The molecule has 0 aliphatic carbocycles. The molecule has 0 unspecified atom stereocenters. The van der Waals surface area contributed by atoms with Gasteiger partial charge in [-0.2, -0.15) is 0 Å². The fourth-order valence-corrected chi connectivity index (χ4v) is 2.79. The van der Waals surface area contributed by atoms with Crippen LogP contribution in [0.1, 0.15) is 29.5 Å². The SMILES string of the molecule is CCCN(Cc1nccn1C)C(=O)c1cc(=O)[nH]c2ccccc12. The van der Waals surface area contributed by atoms with Gasteiger partial charge >= 0.3 is 0 Å². The van der Waals surface area contributed by atoms with Crippen LogP contribution in [0.2, 0.25) is 0 Å². The number of carbonyl (C=O) groups is 1. The van der Waals surface area contributed by atoms with E-state index in [9.17, 15) is 9.59 Å². The molecule has 1 amide bonds. The van der Waals surface area contributed by atoms with Crippen molar-refractivity contribution in [2.75, 3.05) is 6.54 Å². The third-order valence-electron chi connectivity index (χ3n) is 4.01.